The van der Waals surface area contributed by atoms with Gasteiger partial charge in [-0.3, -0.25) is 29.2 Å². The quantitative estimate of drug-likeness (QED) is 0.250. The maximum Gasteiger partial charge on any atom is 0.327 e. The molecule has 0 spiro atoms. The summed E-state index contributed by atoms with van der Waals surface area (Å²) in [5.41, 5.74) is 2.84. The minimum Gasteiger partial charge on any atom is -0.465 e. The minimum absolute atomic E-state index is 0.0296. The van der Waals surface area contributed by atoms with Gasteiger partial charge in [-0.2, -0.15) is 10.4 Å². The molecule has 2 amide bonds. The average molecular weight is 531 g/mol. The Morgan fingerprint density at radius 1 is 1.18 bits per heavy atom. The molecule has 0 radical (unpaired) electrons. The second-order valence-corrected chi connectivity index (χ2v) is 8.96. The zero-order valence-electron chi connectivity index (χ0n) is 21.2. The Labute approximate surface area is 223 Å². The van der Waals surface area contributed by atoms with Crippen LogP contribution >= 0.6 is 0 Å². The van der Waals surface area contributed by atoms with Crippen molar-refractivity contribution in [3.8, 4) is 6.07 Å². The van der Waals surface area contributed by atoms with Gasteiger partial charge < -0.3 is 15.0 Å². The summed E-state index contributed by atoms with van der Waals surface area (Å²) in [6, 6.07) is 12.9. The molecule has 0 aliphatic carbocycles. The molecule has 1 N–H and O–H groups in total. The summed E-state index contributed by atoms with van der Waals surface area (Å²) in [6.45, 7) is 2.58. The molecule has 0 bridgehead atoms. The number of carbonyl (C=O) groups excluding carboxylic acids is 3. The normalized spacial score (nSPS) is 13.1. The fourth-order valence-corrected chi connectivity index (χ4v) is 4.33. The standard InChI is InChI=1S/C27H26N6O6/c1-2-39-25(34)17-32-16-21-15-31(12-11-23(21)30-32)27(36)24(13-18-5-9-22(10-6-18)33(37)38)29-26(35)20-7-3-19(14-28)4-8-20/h3-10,16,24H,2,11-13,15,17H2,1H3,(H,29,35)/t24-/m0/s1. The summed E-state index contributed by atoms with van der Waals surface area (Å²) in [5, 5.41) is 27.3. The smallest absolute Gasteiger partial charge is 0.327 e. The Hall–Kier alpha value is -5.05. The van der Waals surface area contributed by atoms with Crippen molar-refractivity contribution in [2.24, 2.45) is 0 Å². The Morgan fingerprint density at radius 3 is 2.54 bits per heavy atom. The number of esters is 1. The van der Waals surface area contributed by atoms with E-state index >= 15 is 0 Å². The van der Waals surface area contributed by atoms with E-state index in [-0.39, 0.29) is 43.3 Å². The lowest BCUT2D eigenvalue weighted by Gasteiger charge is -2.30. The molecule has 3 aromatic rings. The monoisotopic (exact) mass is 530 g/mol. The summed E-state index contributed by atoms with van der Waals surface area (Å²) in [5.74, 6) is -1.21. The van der Waals surface area contributed by atoms with Crippen molar-refractivity contribution >= 4 is 23.5 Å². The van der Waals surface area contributed by atoms with Gasteiger partial charge in [-0.05, 0) is 36.8 Å². The molecule has 4 rings (SSSR count). The third-order valence-electron chi connectivity index (χ3n) is 6.28. The predicted molar refractivity (Wildman–Crippen MR) is 137 cm³/mol. The molecular formula is C27H26N6O6. The van der Waals surface area contributed by atoms with Crippen LogP contribution in [0.2, 0.25) is 0 Å². The SMILES string of the molecule is CCOC(=O)Cn1cc2c(n1)CCN(C(=O)[C@H](Cc1ccc([N+](=O)[O-])cc1)NC(=O)c1ccc(C#N)cc1)C2. The van der Waals surface area contributed by atoms with Crippen LogP contribution in [0.3, 0.4) is 0 Å². The number of benzene rings is 2. The van der Waals surface area contributed by atoms with E-state index in [1.54, 1.807) is 30.2 Å². The average Bonchev–Trinajstić information content (AvgIpc) is 3.34. The number of hydrogen-bond donors (Lipinski definition) is 1. The van der Waals surface area contributed by atoms with Crippen molar-refractivity contribution in [1.29, 1.82) is 5.26 Å². The molecule has 0 unspecified atom stereocenters. The van der Waals surface area contributed by atoms with Gasteiger partial charge in [0.1, 0.15) is 12.6 Å². The Bertz CT molecular complexity index is 1420. The number of aromatic nitrogens is 2. The summed E-state index contributed by atoms with van der Waals surface area (Å²) in [4.78, 5) is 50.7. The molecule has 12 heteroatoms. The van der Waals surface area contributed by atoms with Crippen LogP contribution in [0.5, 0.6) is 0 Å². The van der Waals surface area contributed by atoms with E-state index in [0.717, 1.165) is 11.3 Å². The molecule has 0 saturated carbocycles. The van der Waals surface area contributed by atoms with Crippen LogP contribution < -0.4 is 5.32 Å². The summed E-state index contributed by atoms with van der Waals surface area (Å²) in [6.07, 6.45) is 2.31. The highest BCUT2D eigenvalue weighted by atomic mass is 16.6. The lowest BCUT2D eigenvalue weighted by Crippen LogP contribution is -2.50. The molecule has 12 nitrogen and oxygen atoms in total. The lowest BCUT2D eigenvalue weighted by atomic mass is 10.0. The van der Waals surface area contributed by atoms with E-state index in [1.807, 2.05) is 6.07 Å². The van der Waals surface area contributed by atoms with Crippen LogP contribution in [0.4, 0.5) is 5.69 Å². The molecule has 200 valence electrons. The van der Waals surface area contributed by atoms with Crippen LogP contribution in [-0.2, 0) is 40.3 Å². The van der Waals surface area contributed by atoms with Gasteiger partial charge in [-0.1, -0.05) is 12.1 Å². The summed E-state index contributed by atoms with van der Waals surface area (Å²) < 4.78 is 6.47. The van der Waals surface area contributed by atoms with Crippen LogP contribution in [-0.4, -0.2) is 56.6 Å². The second-order valence-electron chi connectivity index (χ2n) is 8.96. The third-order valence-corrected chi connectivity index (χ3v) is 6.28. The third kappa shape index (κ3) is 6.64. The number of nitro groups is 1. The van der Waals surface area contributed by atoms with Gasteiger partial charge >= 0.3 is 5.97 Å². The second kappa shape index (κ2) is 12.0. The highest BCUT2D eigenvalue weighted by molar-refractivity contribution is 5.97. The first-order valence-corrected chi connectivity index (χ1v) is 12.3. The molecule has 1 atom stereocenters. The molecule has 1 aromatic heterocycles. The number of hydrogen-bond acceptors (Lipinski definition) is 8. The van der Waals surface area contributed by atoms with Gasteiger partial charge in [0, 0.05) is 55.4 Å². The molecule has 0 fully saturated rings. The Morgan fingerprint density at radius 2 is 1.90 bits per heavy atom. The van der Waals surface area contributed by atoms with Crippen molar-refractivity contribution in [2.75, 3.05) is 13.2 Å². The van der Waals surface area contributed by atoms with Crippen molar-refractivity contribution in [3.05, 3.63) is 92.8 Å². The maximum atomic E-state index is 13.7. The topological polar surface area (TPSA) is 160 Å². The van der Waals surface area contributed by atoms with Gasteiger partial charge in [0.25, 0.3) is 11.6 Å². The van der Waals surface area contributed by atoms with Gasteiger partial charge in [-0.15, -0.1) is 0 Å². The summed E-state index contributed by atoms with van der Waals surface area (Å²) in [7, 11) is 0. The molecule has 1 aliphatic heterocycles. The van der Waals surface area contributed by atoms with Gasteiger partial charge in [0.15, 0.2) is 0 Å². The van der Waals surface area contributed by atoms with Gasteiger partial charge in [-0.25, -0.2) is 0 Å². The number of carbonyl (C=O) groups is 3. The largest absolute Gasteiger partial charge is 0.465 e. The van der Waals surface area contributed by atoms with Crippen molar-refractivity contribution in [3.63, 3.8) is 0 Å². The van der Waals surface area contributed by atoms with E-state index in [0.29, 0.717) is 24.1 Å². The first-order chi connectivity index (χ1) is 18.8. The Balaban J connectivity index is 1.53. The highest BCUT2D eigenvalue weighted by Crippen LogP contribution is 2.20. The predicted octanol–water partition coefficient (Wildman–Crippen LogP) is 2.15. The number of non-ortho nitro benzene ring substituents is 1. The Kier molecular flexibility index (Phi) is 8.30. The van der Waals surface area contributed by atoms with E-state index in [9.17, 15) is 24.5 Å². The van der Waals surface area contributed by atoms with Crippen LogP contribution in [0, 0.1) is 21.4 Å². The van der Waals surface area contributed by atoms with Crippen molar-refractivity contribution < 1.29 is 24.0 Å². The number of nitriles is 1. The van der Waals surface area contributed by atoms with E-state index < -0.39 is 22.8 Å². The van der Waals surface area contributed by atoms with Crippen LogP contribution in [0.25, 0.3) is 0 Å². The number of fused-ring (bicyclic) bond motifs is 1. The number of amides is 2. The van der Waals surface area contributed by atoms with Crippen molar-refractivity contribution in [2.45, 2.75) is 38.9 Å². The molecule has 2 aromatic carbocycles. The number of rotatable bonds is 9. The van der Waals surface area contributed by atoms with Gasteiger partial charge in [0.05, 0.1) is 28.9 Å². The van der Waals surface area contributed by atoms with Crippen LogP contribution in [0.1, 0.15) is 39.7 Å². The molecule has 1 aliphatic rings. The molecule has 39 heavy (non-hydrogen) atoms. The zero-order valence-corrected chi connectivity index (χ0v) is 21.2. The fourth-order valence-electron chi connectivity index (χ4n) is 4.33. The van der Waals surface area contributed by atoms with E-state index in [1.165, 1.54) is 41.1 Å². The molecule has 2 heterocycles. The number of ether oxygens (including phenoxy) is 1. The summed E-state index contributed by atoms with van der Waals surface area (Å²) >= 11 is 0. The molecular weight excluding hydrogens is 504 g/mol. The number of nitro benzene ring substituents is 1. The number of nitrogens with one attached hydrogen (secondary N) is 1. The minimum atomic E-state index is -0.953. The van der Waals surface area contributed by atoms with E-state index in [2.05, 4.69) is 10.4 Å². The van der Waals surface area contributed by atoms with E-state index in [4.69, 9.17) is 10.00 Å². The van der Waals surface area contributed by atoms with Crippen LogP contribution in [0.15, 0.2) is 54.7 Å². The van der Waals surface area contributed by atoms with Crippen molar-refractivity contribution in [1.82, 2.24) is 20.0 Å². The first-order valence-electron chi connectivity index (χ1n) is 12.3. The maximum absolute atomic E-state index is 13.7. The lowest BCUT2D eigenvalue weighted by molar-refractivity contribution is -0.384. The highest BCUT2D eigenvalue weighted by Gasteiger charge is 2.30. The number of nitrogens with zero attached hydrogens (tertiary/aromatic N) is 5. The fraction of sp³-hybridized carbons (Fsp3) is 0.296. The zero-order chi connectivity index (χ0) is 27.9. The molecule has 0 saturated heterocycles. The van der Waals surface area contributed by atoms with Gasteiger partial charge in [0.2, 0.25) is 5.91 Å². The first kappa shape index (κ1) is 27.0.